The van der Waals surface area contributed by atoms with Crippen LogP contribution in [0.3, 0.4) is 0 Å². The van der Waals surface area contributed by atoms with E-state index in [1.54, 1.807) is 0 Å². The fraction of sp³-hybridized carbons (Fsp3) is 1.00. The fourth-order valence-corrected chi connectivity index (χ4v) is 2.63. The predicted octanol–water partition coefficient (Wildman–Crippen LogP) is 2.62. The SMILES string of the molecule is CC1CCC(N(C)C(C)CCCN)CC1. The topological polar surface area (TPSA) is 29.3 Å². The van der Waals surface area contributed by atoms with Crippen LogP contribution < -0.4 is 5.73 Å². The second kappa shape index (κ2) is 6.49. The highest BCUT2D eigenvalue weighted by Crippen LogP contribution is 2.27. The van der Waals surface area contributed by atoms with Gasteiger partial charge in [-0.05, 0) is 65.0 Å². The Bertz CT molecular complexity index is 162. The molecule has 0 heterocycles. The van der Waals surface area contributed by atoms with Crippen molar-refractivity contribution in [2.75, 3.05) is 13.6 Å². The molecule has 0 spiro atoms. The van der Waals surface area contributed by atoms with Crippen molar-refractivity contribution < 1.29 is 0 Å². The molecule has 0 aromatic carbocycles. The molecule has 0 aromatic heterocycles. The lowest BCUT2D eigenvalue weighted by atomic mass is 9.86. The van der Waals surface area contributed by atoms with E-state index in [9.17, 15) is 0 Å². The number of hydrogen-bond donors (Lipinski definition) is 1. The fourth-order valence-electron chi connectivity index (χ4n) is 2.63. The summed E-state index contributed by atoms with van der Waals surface area (Å²) >= 11 is 0. The Hall–Kier alpha value is -0.0800. The zero-order valence-electron chi connectivity index (χ0n) is 10.7. The standard InChI is InChI=1S/C13H28N2/c1-11-6-8-13(9-7-11)15(3)12(2)5-4-10-14/h11-13H,4-10,14H2,1-3H3. The number of hydrogen-bond acceptors (Lipinski definition) is 2. The molecule has 15 heavy (non-hydrogen) atoms. The molecule has 0 aliphatic heterocycles. The van der Waals surface area contributed by atoms with E-state index in [1.807, 2.05) is 0 Å². The molecule has 0 amide bonds. The summed E-state index contributed by atoms with van der Waals surface area (Å²) in [7, 11) is 2.29. The largest absolute Gasteiger partial charge is 0.330 e. The Balaban J connectivity index is 2.29. The molecule has 0 radical (unpaired) electrons. The first-order chi connectivity index (χ1) is 7.15. The van der Waals surface area contributed by atoms with Gasteiger partial charge in [-0.25, -0.2) is 0 Å². The summed E-state index contributed by atoms with van der Waals surface area (Å²) in [6, 6.07) is 1.53. The lowest BCUT2D eigenvalue weighted by Crippen LogP contribution is -2.40. The van der Waals surface area contributed by atoms with Gasteiger partial charge in [0, 0.05) is 12.1 Å². The highest BCUT2D eigenvalue weighted by atomic mass is 15.2. The van der Waals surface area contributed by atoms with Gasteiger partial charge < -0.3 is 10.6 Å². The highest BCUT2D eigenvalue weighted by Gasteiger charge is 2.23. The van der Waals surface area contributed by atoms with Crippen LogP contribution in [0.15, 0.2) is 0 Å². The zero-order chi connectivity index (χ0) is 11.3. The third-order valence-electron chi connectivity index (χ3n) is 4.08. The van der Waals surface area contributed by atoms with Gasteiger partial charge >= 0.3 is 0 Å². The molecule has 2 N–H and O–H groups in total. The summed E-state index contributed by atoms with van der Waals surface area (Å²) in [6.45, 7) is 5.56. The van der Waals surface area contributed by atoms with Gasteiger partial charge in [0.05, 0.1) is 0 Å². The molecule has 1 rings (SSSR count). The van der Waals surface area contributed by atoms with Crippen LogP contribution in [-0.2, 0) is 0 Å². The van der Waals surface area contributed by atoms with Crippen molar-refractivity contribution in [2.24, 2.45) is 11.7 Å². The Labute approximate surface area is 95.2 Å². The van der Waals surface area contributed by atoms with Crippen LogP contribution >= 0.6 is 0 Å². The molecular weight excluding hydrogens is 184 g/mol. The zero-order valence-corrected chi connectivity index (χ0v) is 10.7. The van der Waals surface area contributed by atoms with Gasteiger partial charge in [0.25, 0.3) is 0 Å². The maximum Gasteiger partial charge on any atom is 0.00952 e. The van der Waals surface area contributed by atoms with E-state index in [0.717, 1.165) is 24.9 Å². The molecule has 1 saturated carbocycles. The third kappa shape index (κ3) is 4.12. The van der Waals surface area contributed by atoms with Crippen LogP contribution in [-0.4, -0.2) is 30.6 Å². The number of rotatable bonds is 5. The molecule has 0 aromatic rings. The molecule has 1 unspecified atom stereocenters. The molecule has 0 saturated heterocycles. The maximum absolute atomic E-state index is 5.56. The number of nitrogens with two attached hydrogens (primary N) is 1. The van der Waals surface area contributed by atoms with E-state index in [-0.39, 0.29) is 0 Å². The van der Waals surface area contributed by atoms with Gasteiger partial charge in [-0.3, -0.25) is 0 Å². The second-order valence-electron chi connectivity index (χ2n) is 5.36. The summed E-state index contributed by atoms with van der Waals surface area (Å²) in [6.07, 6.45) is 8.03. The van der Waals surface area contributed by atoms with Gasteiger partial charge in [-0.15, -0.1) is 0 Å². The molecular formula is C13H28N2. The summed E-state index contributed by atoms with van der Waals surface area (Å²) in [5.74, 6) is 0.953. The van der Waals surface area contributed by atoms with E-state index >= 15 is 0 Å². The van der Waals surface area contributed by atoms with Crippen molar-refractivity contribution in [1.29, 1.82) is 0 Å². The van der Waals surface area contributed by atoms with E-state index < -0.39 is 0 Å². The van der Waals surface area contributed by atoms with Gasteiger partial charge in [0.15, 0.2) is 0 Å². The second-order valence-corrected chi connectivity index (χ2v) is 5.36. The molecule has 1 aliphatic rings. The minimum atomic E-state index is 0.701. The van der Waals surface area contributed by atoms with E-state index in [2.05, 4.69) is 25.8 Å². The Morgan fingerprint density at radius 2 is 1.87 bits per heavy atom. The molecule has 1 aliphatic carbocycles. The van der Waals surface area contributed by atoms with Gasteiger partial charge in [0.1, 0.15) is 0 Å². The Morgan fingerprint density at radius 1 is 1.27 bits per heavy atom. The summed E-state index contributed by atoms with van der Waals surface area (Å²) in [5.41, 5.74) is 5.56. The Morgan fingerprint density at radius 3 is 2.40 bits per heavy atom. The van der Waals surface area contributed by atoms with Crippen LogP contribution in [0.5, 0.6) is 0 Å². The highest BCUT2D eigenvalue weighted by molar-refractivity contribution is 4.79. The van der Waals surface area contributed by atoms with Crippen molar-refractivity contribution >= 4 is 0 Å². The van der Waals surface area contributed by atoms with Crippen molar-refractivity contribution in [3.8, 4) is 0 Å². The minimum absolute atomic E-state index is 0.701. The van der Waals surface area contributed by atoms with E-state index in [4.69, 9.17) is 5.73 Å². The van der Waals surface area contributed by atoms with Crippen LogP contribution in [0.4, 0.5) is 0 Å². The molecule has 2 heteroatoms. The summed E-state index contributed by atoms with van der Waals surface area (Å²) < 4.78 is 0. The lowest BCUT2D eigenvalue weighted by molar-refractivity contribution is 0.125. The van der Waals surface area contributed by atoms with Crippen molar-refractivity contribution in [3.63, 3.8) is 0 Å². The van der Waals surface area contributed by atoms with Crippen LogP contribution in [0.1, 0.15) is 52.4 Å². The van der Waals surface area contributed by atoms with Crippen molar-refractivity contribution in [1.82, 2.24) is 4.90 Å². The average Bonchev–Trinajstić information content (AvgIpc) is 2.26. The molecule has 0 bridgehead atoms. The smallest absolute Gasteiger partial charge is 0.00952 e. The quantitative estimate of drug-likeness (QED) is 0.759. The first kappa shape index (κ1) is 13.0. The molecule has 2 nitrogen and oxygen atoms in total. The van der Waals surface area contributed by atoms with Crippen LogP contribution in [0.2, 0.25) is 0 Å². The average molecular weight is 212 g/mol. The first-order valence-corrected chi connectivity index (χ1v) is 6.57. The number of nitrogens with zero attached hydrogens (tertiary/aromatic N) is 1. The Kier molecular flexibility index (Phi) is 5.62. The van der Waals surface area contributed by atoms with E-state index in [0.29, 0.717) is 6.04 Å². The maximum atomic E-state index is 5.56. The van der Waals surface area contributed by atoms with Crippen LogP contribution in [0, 0.1) is 5.92 Å². The minimum Gasteiger partial charge on any atom is -0.330 e. The van der Waals surface area contributed by atoms with Gasteiger partial charge in [-0.1, -0.05) is 6.92 Å². The first-order valence-electron chi connectivity index (χ1n) is 6.57. The molecule has 90 valence electrons. The summed E-state index contributed by atoms with van der Waals surface area (Å²) in [4.78, 5) is 2.58. The predicted molar refractivity (Wildman–Crippen MR) is 66.9 cm³/mol. The van der Waals surface area contributed by atoms with Crippen molar-refractivity contribution in [3.05, 3.63) is 0 Å². The molecule has 1 atom stereocenters. The monoisotopic (exact) mass is 212 g/mol. The van der Waals surface area contributed by atoms with Crippen LogP contribution in [0.25, 0.3) is 0 Å². The van der Waals surface area contributed by atoms with Gasteiger partial charge in [-0.2, -0.15) is 0 Å². The third-order valence-corrected chi connectivity index (χ3v) is 4.08. The van der Waals surface area contributed by atoms with Gasteiger partial charge in [0.2, 0.25) is 0 Å². The van der Waals surface area contributed by atoms with Crippen molar-refractivity contribution in [2.45, 2.75) is 64.5 Å². The normalized spacial score (nSPS) is 29.4. The molecule has 1 fully saturated rings. The lowest BCUT2D eigenvalue weighted by Gasteiger charge is -2.37. The van der Waals surface area contributed by atoms with E-state index in [1.165, 1.54) is 32.1 Å². The summed E-state index contributed by atoms with van der Waals surface area (Å²) in [5, 5.41) is 0.